The average Bonchev–Trinajstić information content (AvgIpc) is 2.18. The lowest BCUT2D eigenvalue weighted by Crippen LogP contribution is -2.44. The van der Waals surface area contributed by atoms with Crippen LogP contribution in [0.15, 0.2) is 0 Å². The number of hydrogen-bond acceptors (Lipinski definition) is 2. The Morgan fingerprint density at radius 1 is 1.38 bits per heavy atom. The van der Waals surface area contributed by atoms with Crippen molar-refractivity contribution in [2.24, 2.45) is 0 Å². The van der Waals surface area contributed by atoms with Crippen LogP contribution in [0.4, 0.5) is 0 Å². The molecule has 1 rings (SSSR count). The molecule has 0 radical (unpaired) electrons. The normalized spacial score (nSPS) is 24.6. The Bertz CT molecular complexity index is 165. The van der Waals surface area contributed by atoms with Gasteiger partial charge in [0.15, 0.2) is 0 Å². The summed E-state index contributed by atoms with van der Waals surface area (Å²) in [6.45, 7) is 6.38. The topological polar surface area (TPSA) is 20.3 Å². The number of Topliss-reactive ketones (excluding diaryl/α,β-unsaturated/α-hetero) is 1. The Morgan fingerprint density at radius 2 is 2.15 bits per heavy atom. The van der Waals surface area contributed by atoms with Crippen LogP contribution in [-0.2, 0) is 4.79 Å². The van der Waals surface area contributed by atoms with Crippen LogP contribution < -0.4 is 0 Å². The van der Waals surface area contributed by atoms with Crippen LogP contribution in [0.5, 0.6) is 0 Å². The summed E-state index contributed by atoms with van der Waals surface area (Å²) >= 11 is 0. The van der Waals surface area contributed by atoms with E-state index in [4.69, 9.17) is 0 Å². The van der Waals surface area contributed by atoms with Gasteiger partial charge in [0.25, 0.3) is 0 Å². The monoisotopic (exact) mass is 183 g/mol. The smallest absolute Gasteiger partial charge is 0.149 e. The van der Waals surface area contributed by atoms with Crippen LogP contribution >= 0.6 is 0 Å². The van der Waals surface area contributed by atoms with Crippen molar-refractivity contribution in [3.05, 3.63) is 0 Å². The summed E-state index contributed by atoms with van der Waals surface area (Å²) in [6, 6.07) is 0.249. The van der Waals surface area contributed by atoms with Crippen molar-refractivity contribution in [3.63, 3.8) is 0 Å². The Kier molecular flexibility index (Phi) is 4.43. The van der Waals surface area contributed by atoms with Gasteiger partial charge in [0.2, 0.25) is 0 Å². The number of hydrogen-bond donors (Lipinski definition) is 0. The average molecular weight is 183 g/mol. The molecule has 1 atom stereocenters. The van der Waals surface area contributed by atoms with Crippen molar-refractivity contribution < 1.29 is 4.79 Å². The molecule has 1 unspecified atom stereocenters. The fraction of sp³-hybridized carbons (Fsp3) is 0.909. The van der Waals surface area contributed by atoms with Gasteiger partial charge in [-0.1, -0.05) is 20.3 Å². The molecule has 2 nitrogen and oxygen atoms in total. The molecule has 0 aromatic carbocycles. The Labute approximate surface area is 81.3 Å². The first-order chi connectivity index (χ1) is 6.29. The van der Waals surface area contributed by atoms with E-state index in [0.717, 1.165) is 25.9 Å². The van der Waals surface area contributed by atoms with Crippen molar-refractivity contribution in [1.82, 2.24) is 4.90 Å². The second kappa shape index (κ2) is 5.38. The standard InChI is InChI=1S/C11H21NO/c1-3-8-12-9-6-5-7-10(12)11(13)4-2/h10H,3-9H2,1-2H3. The highest BCUT2D eigenvalue weighted by atomic mass is 16.1. The lowest BCUT2D eigenvalue weighted by molar-refractivity contribution is -0.125. The third kappa shape index (κ3) is 2.80. The molecule has 2 heteroatoms. The number of rotatable bonds is 4. The number of nitrogens with zero attached hydrogens (tertiary/aromatic N) is 1. The fourth-order valence-corrected chi connectivity index (χ4v) is 2.15. The second-order valence-corrected chi connectivity index (χ2v) is 3.87. The summed E-state index contributed by atoms with van der Waals surface area (Å²) < 4.78 is 0. The maximum Gasteiger partial charge on any atom is 0.149 e. The molecule has 0 bridgehead atoms. The number of carbonyl (C=O) groups is 1. The highest BCUT2D eigenvalue weighted by molar-refractivity contribution is 5.83. The minimum absolute atomic E-state index is 0.249. The van der Waals surface area contributed by atoms with E-state index in [1.807, 2.05) is 6.92 Å². The van der Waals surface area contributed by atoms with Crippen molar-refractivity contribution in [2.45, 2.75) is 52.0 Å². The van der Waals surface area contributed by atoms with Gasteiger partial charge in [0, 0.05) is 6.42 Å². The lowest BCUT2D eigenvalue weighted by atomic mass is 9.97. The zero-order chi connectivity index (χ0) is 9.68. The molecule has 0 aliphatic carbocycles. The van der Waals surface area contributed by atoms with Gasteiger partial charge in [-0.3, -0.25) is 9.69 Å². The first-order valence-electron chi connectivity index (χ1n) is 5.56. The molecule has 0 spiro atoms. The lowest BCUT2D eigenvalue weighted by Gasteiger charge is -2.34. The van der Waals surface area contributed by atoms with Gasteiger partial charge in [-0.15, -0.1) is 0 Å². The molecule has 1 heterocycles. The second-order valence-electron chi connectivity index (χ2n) is 3.87. The molecular formula is C11H21NO. The molecule has 1 saturated heterocycles. The van der Waals surface area contributed by atoms with Gasteiger partial charge in [-0.2, -0.15) is 0 Å². The minimum atomic E-state index is 0.249. The molecule has 1 aliphatic heterocycles. The summed E-state index contributed by atoms with van der Waals surface area (Å²) in [6.07, 6.45) is 5.45. The number of likely N-dealkylation sites (tertiary alicyclic amines) is 1. The van der Waals surface area contributed by atoms with Gasteiger partial charge in [-0.05, 0) is 32.4 Å². The van der Waals surface area contributed by atoms with E-state index >= 15 is 0 Å². The van der Waals surface area contributed by atoms with Gasteiger partial charge in [0.05, 0.1) is 6.04 Å². The van der Waals surface area contributed by atoms with E-state index in [1.54, 1.807) is 0 Å². The van der Waals surface area contributed by atoms with Crippen molar-refractivity contribution >= 4 is 5.78 Å². The molecule has 1 aliphatic rings. The molecule has 1 fully saturated rings. The Morgan fingerprint density at radius 3 is 2.77 bits per heavy atom. The Balaban J connectivity index is 2.50. The molecule has 0 aromatic rings. The van der Waals surface area contributed by atoms with Crippen LogP contribution in [0.1, 0.15) is 46.0 Å². The predicted octanol–water partition coefficient (Wildman–Crippen LogP) is 2.23. The molecule has 76 valence electrons. The SMILES string of the molecule is CCCN1CCCCC1C(=O)CC. The number of piperidine rings is 1. The first kappa shape index (κ1) is 10.7. The van der Waals surface area contributed by atoms with Crippen molar-refractivity contribution in [1.29, 1.82) is 0 Å². The van der Waals surface area contributed by atoms with Gasteiger partial charge < -0.3 is 0 Å². The molecule has 0 aromatic heterocycles. The summed E-state index contributed by atoms with van der Waals surface area (Å²) in [5.74, 6) is 0.438. The van der Waals surface area contributed by atoms with Gasteiger partial charge >= 0.3 is 0 Å². The molecule has 0 amide bonds. The van der Waals surface area contributed by atoms with Gasteiger partial charge in [-0.25, -0.2) is 0 Å². The van der Waals surface area contributed by atoms with Crippen LogP contribution in [0.2, 0.25) is 0 Å². The van der Waals surface area contributed by atoms with E-state index in [2.05, 4.69) is 11.8 Å². The summed E-state index contributed by atoms with van der Waals surface area (Å²) in [7, 11) is 0. The van der Waals surface area contributed by atoms with E-state index in [1.165, 1.54) is 12.8 Å². The first-order valence-corrected chi connectivity index (χ1v) is 5.56. The highest BCUT2D eigenvalue weighted by Gasteiger charge is 2.26. The molecule has 0 saturated carbocycles. The summed E-state index contributed by atoms with van der Waals surface area (Å²) in [5.41, 5.74) is 0. The largest absolute Gasteiger partial charge is 0.298 e. The number of carbonyl (C=O) groups excluding carboxylic acids is 1. The maximum absolute atomic E-state index is 11.6. The molecule has 13 heavy (non-hydrogen) atoms. The highest BCUT2D eigenvalue weighted by Crippen LogP contribution is 2.18. The third-order valence-electron chi connectivity index (χ3n) is 2.84. The maximum atomic E-state index is 11.6. The van der Waals surface area contributed by atoms with Crippen molar-refractivity contribution in [3.8, 4) is 0 Å². The van der Waals surface area contributed by atoms with E-state index in [-0.39, 0.29) is 6.04 Å². The van der Waals surface area contributed by atoms with Gasteiger partial charge in [0.1, 0.15) is 5.78 Å². The van der Waals surface area contributed by atoms with Crippen LogP contribution in [0.25, 0.3) is 0 Å². The zero-order valence-corrected chi connectivity index (χ0v) is 8.88. The van der Waals surface area contributed by atoms with Crippen LogP contribution in [-0.4, -0.2) is 29.8 Å². The van der Waals surface area contributed by atoms with Crippen LogP contribution in [0.3, 0.4) is 0 Å². The molecular weight excluding hydrogens is 162 g/mol. The summed E-state index contributed by atoms with van der Waals surface area (Å²) in [4.78, 5) is 14.0. The number of ketones is 1. The van der Waals surface area contributed by atoms with Crippen molar-refractivity contribution in [2.75, 3.05) is 13.1 Å². The van der Waals surface area contributed by atoms with E-state index in [9.17, 15) is 4.79 Å². The Hall–Kier alpha value is -0.370. The van der Waals surface area contributed by atoms with E-state index < -0.39 is 0 Å². The molecule has 0 N–H and O–H groups in total. The fourth-order valence-electron chi connectivity index (χ4n) is 2.15. The summed E-state index contributed by atoms with van der Waals surface area (Å²) in [5, 5.41) is 0. The quantitative estimate of drug-likeness (QED) is 0.666. The van der Waals surface area contributed by atoms with Crippen LogP contribution in [0, 0.1) is 0 Å². The third-order valence-corrected chi connectivity index (χ3v) is 2.84. The minimum Gasteiger partial charge on any atom is -0.298 e. The van der Waals surface area contributed by atoms with E-state index in [0.29, 0.717) is 12.2 Å². The zero-order valence-electron chi connectivity index (χ0n) is 8.88. The predicted molar refractivity (Wildman–Crippen MR) is 54.8 cm³/mol.